The van der Waals surface area contributed by atoms with Gasteiger partial charge in [0.25, 0.3) is 5.91 Å². The van der Waals surface area contributed by atoms with Gasteiger partial charge in [0.15, 0.2) is 0 Å². The van der Waals surface area contributed by atoms with Crippen molar-refractivity contribution in [1.82, 2.24) is 20.6 Å². The maximum atomic E-state index is 13.4. The van der Waals surface area contributed by atoms with Gasteiger partial charge in [0.1, 0.15) is 15.8 Å². The molecule has 182 valence electrons. The van der Waals surface area contributed by atoms with Gasteiger partial charge in [-0.15, -0.1) is 11.3 Å². The van der Waals surface area contributed by atoms with Crippen LogP contribution in [0.15, 0.2) is 24.5 Å². The minimum absolute atomic E-state index is 0.0792. The molecule has 0 aromatic carbocycles. The van der Waals surface area contributed by atoms with Crippen molar-refractivity contribution in [2.24, 2.45) is 0 Å². The molecule has 9 nitrogen and oxygen atoms in total. The Balaban J connectivity index is 1.33. The van der Waals surface area contributed by atoms with Crippen molar-refractivity contribution in [3.63, 3.8) is 0 Å². The van der Waals surface area contributed by atoms with Crippen LogP contribution in [-0.2, 0) is 0 Å². The summed E-state index contributed by atoms with van der Waals surface area (Å²) < 4.78 is 6.04. The fourth-order valence-corrected chi connectivity index (χ4v) is 6.23. The fraction of sp³-hybridized carbons (Fsp3) is 0.440. The number of nitrogens with zero attached hydrogens (tertiary/aromatic N) is 3. The third kappa shape index (κ3) is 4.10. The number of anilines is 3. The third-order valence-electron chi connectivity index (χ3n) is 6.97. The second-order valence-electron chi connectivity index (χ2n) is 9.43. The molecule has 5 heterocycles. The Morgan fingerprint density at radius 1 is 1.20 bits per heavy atom. The van der Waals surface area contributed by atoms with E-state index in [9.17, 15) is 9.59 Å². The number of hydrogen-bond donors (Lipinski definition) is 3. The summed E-state index contributed by atoms with van der Waals surface area (Å²) in [5.74, 6) is 0.408. The van der Waals surface area contributed by atoms with Gasteiger partial charge in [0.2, 0.25) is 5.88 Å². The lowest BCUT2D eigenvalue weighted by Gasteiger charge is -2.29. The zero-order valence-electron chi connectivity index (χ0n) is 19.6. The summed E-state index contributed by atoms with van der Waals surface area (Å²) in [7, 11) is 0. The topological polar surface area (TPSA) is 108 Å². The predicted molar refractivity (Wildman–Crippen MR) is 136 cm³/mol. The van der Waals surface area contributed by atoms with E-state index in [0.29, 0.717) is 32.6 Å². The first kappa shape index (κ1) is 22.2. The summed E-state index contributed by atoms with van der Waals surface area (Å²) in [6, 6.07) is 3.45. The lowest BCUT2D eigenvalue weighted by Crippen LogP contribution is -2.45. The maximum absolute atomic E-state index is 13.4. The molecule has 3 amide bonds. The highest BCUT2D eigenvalue weighted by molar-refractivity contribution is 7.21. The van der Waals surface area contributed by atoms with Crippen molar-refractivity contribution in [2.45, 2.75) is 57.6 Å². The van der Waals surface area contributed by atoms with E-state index in [2.05, 4.69) is 25.9 Å². The Bertz CT molecular complexity index is 1300. The molecule has 35 heavy (non-hydrogen) atoms. The number of nitrogens with one attached hydrogen (secondary N) is 3. The van der Waals surface area contributed by atoms with Crippen molar-refractivity contribution in [2.75, 3.05) is 23.3 Å². The van der Waals surface area contributed by atoms with Crippen LogP contribution in [0.2, 0.25) is 0 Å². The average Bonchev–Trinajstić information content (AvgIpc) is 3.50. The molecule has 3 aromatic rings. The standard InChI is InChI=1S/C25H28N6O3S/c1-14-11-19(34-16-6-2-3-7-16)28-13-18(14)31-17-8-10-27-24-20(17)21(30-25(31)33)22(35-24)23(32)29-15-5-4-9-26-12-15/h8,10-11,13,15-16,26H,2-7,9,12H2,1H3,(H,29,32)(H,30,33). The summed E-state index contributed by atoms with van der Waals surface area (Å²) in [6.07, 6.45) is 10.0. The second-order valence-corrected chi connectivity index (χ2v) is 10.4. The number of aromatic nitrogens is 2. The van der Waals surface area contributed by atoms with Crippen molar-refractivity contribution in [3.05, 3.63) is 35.0 Å². The predicted octanol–water partition coefficient (Wildman–Crippen LogP) is 4.49. The maximum Gasteiger partial charge on any atom is 0.331 e. The molecule has 0 bridgehead atoms. The van der Waals surface area contributed by atoms with Gasteiger partial charge >= 0.3 is 6.03 Å². The number of carbonyl (C=O) groups is 2. The molecule has 1 saturated carbocycles. The highest BCUT2D eigenvalue weighted by atomic mass is 32.1. The van der Waals surface area contributed by atoms with Crippen LogP contribution < -0.4 is 25.6 Å². The Labute approximate surface area is 207 Å². The van der Waals surface area contributed by atoms with Gasteiger partial charge in [0.05, 0.1) is 28.6 Å². The Morgan fingerprint density at radius 2 is 2.06 bits per heavy atom. The molecule has 0 spiro atoms. The molecular weight excluding hydrogens is 464 g/mol. The largest absolute Gasteiger partial charge is 0.474 e. The Kier molecular flexibility index (Phi) is 5.77. The zero-order chi connectivity index (χ0) is 23.9. The third-order valence-corrected chi connectivity index (χ3v) is 8.07. The van der Waals surface area contributed by atoms with Gasteiger partial charge in [-0.3, -0.25) is 9.69 Å². The van der Waals surface area contributed by atoms with Crippen LogP contribution in [0.25, 0.3) is 10.2 Å². The van der Waals surface area contributed by atoms with E-state index in [0.717, 1.165) is 49.7 Å². The summed E-state index contributed by atoms with van der Waals surface area (Å²) in [5, 5.41) is 10.2. The quantitative estimate of drug-likeness (QED) is 0.484. The molecule has 2 aliphatic heterocycles. The van der Waals surface area contributed by atoms with E-state index in [-0.39, 0.29) is 24.1 Å². The van der Waals surface area contributed by atoms with Crippen molar-refractivity contribution in [3.8, 4) is 5.88 Å². The molecule has 3 aliphatic rings. The van der Waals surface area contributed by atoms with E-state index in [4.69, 9.17) is 4.74 Å². The number of ether oxygens (including phenoxy) is 1. The summed E-state index contributed by atoms with van der Waals surface area (Å²) in [6.45, 7) is 3.67. The van der Waals surface area contributed by atoms with E-state index >= 15 is 0 Å². The van der Waals surface area contributed by atoms with Gasteiger partial charge in [-0.1, -0.05) is 0 Å². The first-order valence-electron chi connectivity index (χ1n) is 12.3. The van der Waals surface area contributed by atoms with E-state index in [1.165, 1.54) is 24.2 Å². The van der Waals surface area contributed by atoms with E-state index in [1.54, 1.807) is 17.3 Å². The van der Waals surface area contributed by atoms with Crippen LogP contribution in [0.4, 0.5) is 21.9 Å². The minimum atomic E-state index is -0.328. The minimum Gasteiger partial charge on any atom is -0.474 e. The van der Waals surface area contributed by atoms with Crippen molar-refractivity contribution >= 4 is 50.6 Å². The van der Waals surface area contributed by atoms with Crippen LogP contribution in [0.5, 0.6) is 5.88 Å². The Morgan fingerprint density at radius 3 is 2.83 bits per heavy atom. The smallest absolute Gasteiger partial charge is 0.331 e. The summed E-state index contributed by atoms with van der Waals surface area (Å²) in [4.78, 5) is 38.3. The van der Waals surface area contributed by atoms with Crippen molar-refractivity contribution in [1.29, 1.82) is 0 Å². The van der Waals surface area contributed by atoms with Crippen LogP contribution in [0.1, 0.15) is 53.8 Å². The molecule has 2 fully saturated rings. The molecule has 6 rings (SSSR count). The number of thiophene rings is 1. The molecule has 3 aromatic heterocycles. The fourth-order valence-electron chi connectivity index (χ4n) is 5.21. The van der Waals surface area contributed by atoms with E-state index in [1.807, 2.05) is 19.1 Å². The van der Waals surface area contributed by atoms with Gasteiger partial charge in [-0.25, -0.2) is 14.8 Å². The molecule has 10 heteroatoms. The number of pyridine rings is 2. The van der Waals surface area contributed by atoms with Crippen molar-refractivity contribution < 1.29 is 14.3 Å². The van der Waals surface area contributed by atoms with Gasteiger partial charge in [-0.2, -0.15) is 0 Å². The molecule has 0 radical (unpaired) electrons. The number of aryl methyl sites for hydroxylation is 1. The average molecular weight is 493 g/mol. The lowest BCUT2D eigenvalue weighted by atomic mass is 10.1. The molecule has 1 aliphatic carbocycles. The SMILES string of the molecule is Cc1cc(OC2CCCC2)ncc1N1C(=O)Nc2c(C(=O)NC3CCCNC3)sc3nccc1c23. The lowest BCUT2D eigenvalue weighted by molar-refractivity contribution is 0.0935. The number of carbonyl (C=O) groups excluding carboxylic acids is 2. The molecule has 1 saturated heterocycles. The molecule has 1 unspecified atom stereocenters. The normalized spacial score (nSPS) is 20.2. The van der Waals surface area contributed by atoms with Gasteiger partial charge in [-0.05, 0) is 63.6 Å². The zero-order valence-corrected chi connectivity index (χ0v) is 20.4. The first-order valence-corrected chi connectivity index (χ1v) is 13.1. The van der Waals surface area contributed by atoms with Gasteiger partial charge in [0, 0.05) is 24.8 Å². The molecule has 1 atom stereocenters. The second kappa shape index (κ2) is 9.09. The van der Waals surface area contributed by atoms with Gasteiger partial charge < -0.3 is 20.7 Å². The molecular formula is C25H28N6O3S. The van der Waals surface area contributed by atoms with Crippen LogP contribution >= 0.6 is 11.3 Å². The van der Waals surface area contributed by atoms with Crippen LogP contribution in [-0.4, -0.2) is 47.1 Å². The number of amides is 3. The van der Waals surface area contributed by atoms with Crippen LogP contribution in [0.3, 0.4) is 0 Å². The van der Waals surface area contributed by atoms with E-state index < -0.39 is 0 Å². The Hall–Kier alpha value is -3.24. The number of hydrogen-bond acceptors (Lipinski definition) is 7. The first-order chi connectivity index (χ1) is 17.1. The molecule has 3 N–H and O–H groups in total. The highest BCUT2D eigenvalue weighted by Gasteiger charge is 2.34. The monoisotopic (exact) mass is 492 g/mol. The highest BCUT2D eigenvalue weighted by Crippen LogP contribution is 2.46. The number of urea groups is 1. The summed E-state index contributed by atoms with van der Waals surface area (Å²) >= 11 is 1.30. The van der Waals surface area contributed by atoms with Crippen LogP contribution in [0, 0.1) is 6.92 Å². The summed E-state index contributed by atoms with van der Waals surface area (Å²) in [5.41, 5.74) is 2.78. The number of piperidine rings is 1. The number of rotatable bonds is 5.